The van der Waals surface area contributed by atoms with Crippen molar-refractivity contribution < 1.29 is 9.21 Å². The quantitative estimate of drug-likeness (QED) is 0.756. The highest BCUT2D eigenvalue weighted by Crippen LogP contribution is 2.31. The summed E-state index contributed by atoms with van der Waals surface area (Å²) in [6.07, 6.45) is 6.60. The Balaban J connectivity index is 1.85. The Morgan fingerprint density at radius 3 is 3.00 bits per heavy atom. The van der Waals surface area contributed by atoms with Crippen LogP contribution in [0.1, 0.15) is 31.9 Å². The molecule has 3 heteroatoms. The highest BCUT2D eigenvalue weighted by molar-refractivity contribution is 8.13. The minimum atomic E-state index is 0.187. The molecule has 1 aliphatic carbocycles. The molecule has 0 spiro atoms. The number of hydrogen-bond donors (Lipinski definition) is 0. The van der Waals surface area contributed by atoms with Crippen LogP contribution in [0.5, 0.6) is 0 Å². The number of carbonyl (C=O) groups excluding carboxylic acids is 1. The standard InChI is InChI=1S/C15H18O2S/c1-11(2)12-5-7-13(8-6-12)15(16)18-10-14-4-3-9-17-14/h3-4,7,9,12H,1,5-6,8,10H2,2H3/t12-/m1/s1. The second-order valence-electron chi connectivity index (χ2n) is 4.70. The Labute approximate surface area is 112 Å². The molecule has 0 radical (unpaired) electrons. The lowest BCUT2D eigenvalue weighted by Gasteiger charge is -2.21. The molecule has 0 fully saturated rings. The van der Waals surface area contributed by atoms with Gasteiger partial charge in [0, 0.05) is 5.57 Å². The number of rotatable bonds is 4. The second-order valence-corrected chi connectivity index (χ2v) is 5.65. The third kappa shape index (κ3) is 3.39. The summed E-state index contributed by atoms with van der Waals surface area (Å²) in [5.74, 6) is 2.02. The van der Waals surface area contributed by atoms with Crippen LogP contribution < -0.4 is 0 Å². The lowest BCUT2D eigenvalue weighted by molar-refractivity contribution is -0.108. The van der Waals surface area contributed by atoms with Crippen LogP contribution in [-0.4, -0.2) is 5.12 Å². The van der Waals surface area contributed by atoms with Crippen LogP contribution in [0.3, 0.4) is 0 Å². The first-order valence-electron chi connectivity index (χ1n) is 6.20. The first-order chi connectivity index (χ1) is 8.66. The van der Waals surface area contributed by atoms with Gasteiger partial charge < -0.3 is 4.42 Å². The summed E-state index contributed by atoms with van der Waals surface area (Å²) in [5, 5.41) is 0.187. The highest BCUT2D eigenvalue weighted by atomic mass is 32.2. The van der Waals surface area contributed by atoms with E-state index in [-0.39, 0.29) is 5.12 Å². The van der Waals surface area contributed by atoms with Crippen molar-refractivity contribution in [2.45, 2.75) is 31.9 Å². The fraction of sp³-hybridized carbons (Fsp3) is 0.400. The summed E-state index contributed by atoms with van der Waals surface area (Å²) in [6.45, 7) is 6.05. The molecule has 0 saturated heterocycles. The molecule has 0 saturated carbocycles. The van der Waals surface area contributed by atoms with Crippen LogP contribution in [0, 0.1) is 5.92 Å². The molecule has 1 aliphatic rings. The molecule has 1 heterocycles. The number of hydrogen-bond acceptors (Lipinski definition) is 3. The van der Waals surface area contributed by atoms with Crippen LogP contribution >= 0.6 is 11.8 Å². The van der Waals surface area contributed by atoms with E-state index < -0.39 is 0 Å². The van der Waals surface area contributed by atoms with Crippen molar-refractivity contribution in [1.29, 1.82) is 0 Å². The van der Waals surface area contributed by atoms with Crippen LogP contribution in [0.2, 0.25) is 0 Å². The van der Waals surface area contributed by atoms with Crippen molar-refractivity contribution in [2.24, 2.45) is 5.92 Å². The van der Waals surface area contributed by atoms with E-state index in [4.69, 9.17) is 4.42 Å². The van der Waals surface area contributed by atoms with Gasteiger partial charge in [-0.1, -0.05) is 30.0 Å². The van der Waals surface area contributed by atoms with Crippen molar-refractivity contribution in [3.05, 3.63) is 48.0 Å². The Bertz CT molecular complexity index is 457. The maximum absolute atomic E-state index is 12.0. The van der Waals surface area contributed by atoms with E-state index in [1.165, 1.54) is 17.3 Å². The van der Waals surface area contributed by atoms with E-state index in [9.17, 15) is 4.79 Å². The van der Waals surface area contributed by atoms with Crippen LogP contribution in [-0.2, 0) is 10.5 Å². The maximum Gasteiger partial charge on any atom is 0.215 e. The zero-order valence-corrected chi connectivity index (χ0v) is 11.5. The van der Waals surface area contributed by atoms with Gasteiger partial charge >= 0.3 is 0 Å². The average Bonchev–Trinajstić information content (AvgIpc) is 2.89. The molecular weight excluding hydrogens is 244 g/mol. The smallest absolute Gasteiger partial charge is 0.215 e. The topological polar surface area (TPSA) is 30.2 Å². The van der Waals surface area contributed by atoms with Gasteiger partial charge in [0.2, 0.25) is 5.12 Å². The number of carbonyl (C=O) groups is 1. The summed E-state index contributed by atoms with van der Waals surface area (Å²) in [6, 6.07) is 3.74. The zero-order valence-electron chi connectivity index (χ0n) is 10.6. The fourth-order valence-corrected chi connectivity index (χ4v) is 2.90. The second kappa shape index (κ2) is 6.10. The summed E-state index contributed by atoms with van der Waals surface area (Å²) in [4.78, 5) is 12.0. The molecule has 1 aromatic rings. The Morgan fingerprint density at radius 2 is 2.44 bits per heavy atom. The van der Waals surface area contributed by atoms with Gasteiger partial charge in [-0.2, -0.15) is 0 Å². The molecule has 1 atom stereocenters. The minimum absolute atomic E-state index is 0.187. The highest BCUT2D eigenvalue weighted by Gasteiger charge is 2.19. The van der Waals surface area contributed by atoms with Gasteiger partial charge in [0.05, 0.1) is 12.0 Å². The first-order valence-corrected chi connectivity index (χ1v) is 7.19. The largest absolute Gasteiger partial charge is 0.468 e. The third-order valence-corrected chi connectivity index (χ3v) is 4.25. The predicted molar refractivity (Wildman–Crippen MR) is 75.2 cm³/mol. The molecule has 0 amide bonds. The molecule has 1 aromatic heterocycles. The van der Waals surface area contributed by atoms with E-state index >= 15 is 0 Å². The van der Waals surface area contributed by atoms with Gasteiger partial charge in [-0.15, -0.1) is 0 Å². The molecule has 0 N–H and O–H groups in total. The molecular formula is C15H18O2S. The van der Waals surface area contributed by atoms with Crippen molar-refractivity contribution >= 4 is 16.9 Å². The normalized spacial score (nSPS) is 19.4. The fourth-order valence-electron chi connectivity index (χ4n) is 2.09. The monoisotopic (exact) mass is 262 g/mol. The minimum Gasteiger partial charge on any atom is -0.468 e. The Morgan fingerprint density at radius 1 is 1.61 bits per heavy atom. The van der Waals surface area contributed by atoms with Crippen molar-refractivity contribution in [3.63, 3.8) is 0 Å². The molecule has 0 aliphatic heterocycles. The number of furan rings is 1. The lowest BCUT2D eigenvalue weighted by Crippen LogP contribution is -2.10. The number of thioether (sulfide) groups is 1. The van der Waals surface area contributed by atoms with E-state index in [0.717, 1.165) is 30.6 Å². The predicted octanol–water partition coefficient (Wildman–Crippen LogP) is 4.34. The summed E-state index contributed by atoms with van der Waals surface area (Å²) < 4.78 is 5.22. The molecule has 96 valence electrons. The third-order valence-electron chi connectivity index (χ3n) is 3.30. The molecule has 18 heavy (non-hydrogen) atoms. The molecule has 2 rings (SSSR count). The van der Waals surface area contributed by atoms with E-state index in [2.05, 4.69) is 19.6 Å². The van der Waals surface area contributed by atoms with Gasteiger partial charge in [-0.3, -0.25) is 4.79 Å². The average molecular weight is 262 g/mol. The van der Waals surface area contributed by atoms with Crippen LogP contribution in [0.25, 0.3) is 0 Å². The van der Waals surface area contributed by atoms with E-state index in [1.807, 2.05) is 12.1 Å². The molecule has 2 nitrogen and oxygen atoms in total. The molecule has 0 aromatic carbocycles. The van der Waals surface area contributed by atoms with Gasteiger partial charge in [-0.25, -0.2) is 0 Å². The van der Waals surface area contributed by atoms with Crippen LogP contribution in [0.4, 0.5) is 0 Å². The summed E-state index contributed by atoms with van der Waals surface area (Å²) in [7, 11) is 0. The van der Waals surface area contributed by atoms with Gasteiger partial charge in [0.15, 0.2) is 0 Å². The first kappa shape index (κ1) is 13.2. The molecule has 0 unspecified atom stereocenters. The Hall–Kier alpha value is -1.22. The summed E-state index contributed by atoms with van der Waals surface area (Å²) >= 11 is 1.33. The van der Waals surface area contributed by atoms with Crippen LogP contribution in [0.15, 0.2) is 46.6 Å². The van der Waals surface area contributed by atoms with E-state index in [0.29, 0.717) is 11.7 Å². The Kier molecular flexibility index (Phi) is 4.48. The van der Waals surface area contributed by atoms with Crippen molar-refractivity contribution in [2.75, 3.05) is 0 Å². The number of allylic oxidation sites excluding steroid dienone is 2. The van der Waals surface area contributed by atoms with Gasteiger partial charge in [0.1, 0.15) is 5.76 Å². The van der Waals surface area contributed by atoms with E-state index in [1.54, 1.807) is 6.26 Å². The van der Waals surface area contributed by atoms with Crippen molar-refractivity contribution in [3.8, 4) is 0 Å². The zero-order chi connectivity index (χ0) is 13.0. The van der Waals surface area contributed by atoms with Gasteiger partial charge in [-0.05, 0) is 44.2 Å². The van der Waals surface area contributed by atoms with Crippen molar-refractivity contribution in [1.82, 2.24) is 0 Å². The SMILES string of the molecule is C=C(C)[C@@H]1CC=C(C(=O)SCc2ccco2)CC1. The lowest BCUT2D eigenvalue weighted by atomic mass is 9.86. The molecule has 0 bridgehead atoms. The maximum atomic E-state index is 12.0. The summed E-state index contributed by atoms with van der Waals surface area (Å²) in [5.41, 5.74) is 2.19. The van der Waals surface area contributed by atoms with Gasteiger partial charge in [0.25, 0.3) is 0 Å².